The van der Waals surface area contributed by atoms with Crippen LogP contribution in [-0.4, -0.2) is 37.0 Å². The molecule has 2 aromatic rings. The molecule has 1 atom stereocenters. The normalized spacial score (nSPS) is 15.8. The van der Waals surface area contributed by atoms with Crippen LogP contribution in [-0.2, 0) is 16.1 Å². The Morgan fingerprint density at radius 1 is 1.19 bits per heavy atom. The van der Waals surface area contributed by atoms with Gasteiger partial charge in [-0.1, -0.05) is 30.3 Å². The van der Waals surface area contributed by atoms with E-state index >= 15 is 0 Å². The zero-order valence-electron chi connectivity index (χ0n) is 14.6. The Balaban J connectivity index is 1.82. The number of amides is 2. The number of rotatable bonds is 7. The van der Waals surface area contributed by atoms with Crippen LogP contribution in [0.15, 0.2) is 48.5 Å². The van der Waals surface area contributed by atoms with Crippen molar-refractivity contribution in [1.82, 2.24) is 10.2 Å². The molecule has 1 aliphatic rings. The van der Waals surface area contributed by atoms with Gasteiger partial charge >= 0.3 is 0 Å². The standard InChI is InChI=1S/C20H21FN2O3/c1-26-12-4-11-22-19(24)18-16-5-2-3-6-17(16)20(25)23(18)13-14-7-9-15(21)10-8-14/h2-3,5-10,18H,4,11-13H2,1H3,(H,22,24)/t18-/m1/s1. The lowest BCUT2D eigenvalue weighted by Gasteiger charge is -2.25. The van der Waals surface area contributed by atoms with Crippen LogP contribution in [0.1, 0.15) is 33.9 Å². The molecular formula is C20H21FN2O3. The zero-order chi connectivity index (χ0) is 18.5. The SMILES string of the molecule is COCCCNC(=O)[C@H]1c2ccccc2C(=O)N1Cc1ccc(F)cc1. The maximum absolute atomic E-state index is 13.1. The molecule has 0 saturated carbocycles. The lowest BCUT2D eigenvalue weighted by molar-refractivity contribution is -0.125. The van der Waals surface area contributed by atoms with Crippen molar-refractivity contribution >= 4 is 11.8 Å². The quantitative estimate of drug-likeness (QED) is 0.776. The van der Waals surface area contributed by atoms with Gasteiger partial charge in [0.15, 0.2) is 0 Å². The maximum Gasteiger partial charge on any atom is 0.255 e. The number of nitrogens with one attached hydrogen (secondary N) is 1. The van der Waals surface area contributed by atoms with Crippen molar-refractivity contribution in [3.63, 3.8) is 0 Å². The lowest BCUT2D eigenvalue weighted by atomic mass is 10.0. The molecule has 3 rings (SSSR count). The van der Waals surface area contributed by atoms with E-state index in [0.29, 0.717) is 30.7 Å². The number of hydrogen-bond donors (Lipinski definition) is 1. The number of fused-ring (bicyclic) bond motifs is 1. The topological polar surface area (TPSA) is 58.6 Å². The number of ether oxygens (including phenoxy) is 1. The molecular weight excluding hydrogens is 335 g/mol. The van der Waals surface area contributed by atoms with Crippen molar-refractivity contribution in [3.05, 3.63) is 71.0 Å². The summed E-state index contributed by atoms with van der Waals surface area (Å²) in [5, 5.41) is 2.87. The highest BCUT2D eigenvalue weighted by molar-refractivity contribution is 6.04. The Bertz CT molecular complexity index is 792. The Morgan fingerprint density at radius 2 is 1.92 bits per heavy atom. The molecule has 5 nitrogen and oxygen atoms in total. The van der Waals surface area contributed by atoms with Crippen molar-refractivity contribution in [1.29, 1.82) is 0 Å². The van der Waals surface area contributed by atoms with Gasteiger partial charge in [0.05, 0.1) is 0 Å². The molecule has 6 heteroatoms. The van der Waals surface area contributed by atoms with E-state index in [1.54, 1.807) is 37.4 Å². The summed E-state index contributed by atoms with van der Waals surface area (Å²) in [6, 6.07) is 12.4. The van der Waals surface area contributed by atoms with Gasteiger partial charge < -0.3 is 15.0 Å². The van der Waals surface area contributed by atoms with Gasteiger partial charge in [0.1, 0.15) is 11.9 Å². The average Bonchev–Trinajstić information content (AvgIpc) is 2.93. The monoisotopic (exact) mass is 356 g/mol. The minimum Gasteiger partial charge on any atom is -0.385 e. The van der Waals surface area contributed by atoms with E-state index in [-0.39, 0.29) is 24.2 Å². The zero-order valence-corrected chi connectivity index (χ0v) is 14.6. The highest BCUT2D eigenvalue weighted by atomic mass is 19.1. The van der Waals surface area contributed by atoms with Crippen LogP contribution in [0.5, 0.6) is 0 Å². The van der Waals surface area contributed by atoms with Gasteiger partial charge in [0.2, 0.25) is 5.91 Å². The summed E-state index contributed by atoms with van der Waals surface area (Å²) in [6.45, 7) is 1.27. The van der Waals surface area contributed by atoms with E-state index in [9.17, 15) is 14.0 Å². The summed E-state index contributed by atoms with van der Waals surface area (Å²) < 4.78 is 18.1. The maximum atomic E-state index is 13.1. The number of nitrogens with zero attached hydrogens (tertiary/aromatic N) is 1. The highest BCUT2D eigenvalue weighted by Crippen LogP contribution is 2.34. The summed E-state index contributed by atoms with van der Waals surface area (Å²) in [5.74, 6) is -0.749. The third-order valence-electron chi connectivity index (χ3n) is 4.40. The van der Waals surface area contributed by atoms with Crippen molar-refractivity contribution < 1.29 is 18.7 Å². The van der Waals surface area contributed by atoms with Crippen molar-refractivity contribution in [2.45, 2.75) is 19.0 Å². The van der Waals surface area contributed by atoms with Crippen LogP contribution < -0.4 is 5.32 Å². The Hall–Kier alpha value is -2.73. The summed E-state index contributed by atoms with van der Waals surface area (Å²) in [4.78, 5) is 27.1. The van der Waals surface area contributed by atoms with Gasteiger partial charge in [-0.2, -0.15) is 0 Å². The molecule has 0 unspecified atom stereocenters. The Morgan fingerprint density at radius 3 is 2.65 bits per heavy atom. The number of carbonyl (C=O) groups is 2. The van der Waals surface area contributed by atoms with E-state index in [1.807, 2.05) is 6.07 Å². The molecule has 136 valence electrons. The van der Waals surface area contributed by atoms with E-state index in [2.05, 4.69) is 5.32 Å². The molecule has 0 saturated heterocycles. The fraction of sp³-hybridized carbons (Fsp3) is 0.300. The van der Waals surface area contributed by atoms with Crippen LogP contribution in [0.4, 0.5) is 4.39 Å². The van der Waals surface area contributed by atoms with Gasteiger partial charge in [0.25, 0.3) is 5.91 Å². The second-order valence-electron chi connectivity index (χ2n) is 6.19. The number of methoxy groups -OCH3 is 1. The van der Waals surface area contributed by atoms with Gasteiger partial charge in [-0.15, -0.1) is 0 Å². The Kier molecular flexibility index (Phi) is 5.63. The van der Waals surface area contributed by atoms with Gasteiger partial charge in [-0.05, 0) is 35.7 Å². The lowest BCUT2D eigenvalue weighted by Crippen LogP contribution is -2.39. The summed E-state index contributed by atoms with van der Waals surface area (Å²) in [5.41, 5.74) is 2.00. The van der Waals surface area contributed by atoms with Crippen LogP contribution in [0.2, 0.25) is 0 Å². The predicted octanol–water partition coefficient (Wildman–Crippen LogP) is 2.68. The molecule has 0 radical (unpaired) electrons. The molecule has 0 spiro atoms. The number of hydrogen-bond acceptors (Lipinski definition) is 3. The van der Waals surface area contributed by atoms with Crippen molar-refractivity contribution in [3.8, 4) is 0 Å². The van der Waals surface area contributed by atoms with Crippen LogP contribution in [0.3, 0.4) is 0 Å². The molecule has 1 N–H and O–H groups in total. The van der Waals surface area contributed by atoms with Gasteiger partial charge in [0, 0.05) is 32.4 Å². The van der Waals surface area contributed by atoms with Crippen molar-refractivity contribution in [2.75, 3.05) is 20.3 Å². The Labute approximate surface area is 151 Å². The molecule has 0 aromatic heterocycles. The van der Waals surface area contributed by atoms with Crippen molar-refractivity contribution in [2.24, 2.45) is 0 Å². The second-order valence-corrected chi connectivity index (χ2v) is 6.19. The summed E-state index contributed by atoms with van der Waals surface area (Å²) in [6.07, 6.45) is 0.697. The van der Waals surface area contributed by atoms with Gasteiger partial charge in [-0.3, -0.25) is 9.59 Å². The molecule has 0 bridgehead atoms. The largest absolute Gasteiger partial charge is 0.385 e. The van der Waals surface area contributed by atoms with E-state index in [4.69, 9.17) is 4.74 Å². The van der Waals surface area contributed by atoms with E-state index in [0.717, 1.165) is 5.56 Å². The predicted molar refractivity (Wildman–Crippen MR) is 95.0 cm³/mol. The molecule has 2 aromatic carbocycles. The molecule has 2 amide bonds. The summed E-state index contributed by atoms with van der Waals surface area (Å²) in [7, 11) is 1.61. The van der Waals surface area contributed by atoms with Crippen LogP contribution in [0.25, 0.3) is 0 Å². The first-order valence-corrected chi connectivity index (χ1v) is 8.53. The first-order valence-electron chi connectivity index (χ1n) is 8.53. The van der Waals surface area contributed by atoms with E-state index < -0.39 is 6.04 Å². The fourth-order valence-corrected chi connectivity index (χ4v) is 3.13. The first-order chi connectivity index (χ1) is 12.6. The number of halogens is 1. The third-order valence-corrected chi connectivity index (χ3v) is 4.40. The van der Waals surface area contributed by atoms with E-state index in [1.165, 1.54) is 17.0 Å². The minimum absolute atomic E-state index is 0.193. The molecule has 0 fully saturated rings. The minimum atomic E-state index is -0.689. The molecule has 26 heavy (non-hydrogen) atoms. The molecule has 1 aliphatic heterocycles. The molecule has 1 heterocycles. The first kappa shape index (κ1) is 18.1. The summed E-state index contributed by atoms with van der Waals surface area (Å²) >= 11 is 0. The number of carbonyl (C=O) groups excluding carboxylic acids is 2. The third kappa shape index (κ3) is 3.75. The van der Waals surface area contributed by atoms with Crippen LogP contribution >= 0.6 is 0 Å². The highest BCUT2D eigenvalue weighted by Gasteiger charge is 2.40. The fourth-order valence-electron chi connectivity index (χ4n) is 3.13. The smallest absolute Gasteiger partial charge is 0.255 e. The average molecular weight is 356 g/mol. The molecule has 0 aliphatic carbocycles. The second kappa shape index (κ2) is 8.10. The number of benzene rings is 2. The van der Waals surface area contributed by atoms with Crippen LogP contribution in [0, 0.1) is 5.82 Å². The van der Waals surface area contributed by atoms with Gasteiger partial charge in [-0.25, -0.2) is 4.39 Å².